The van der Waals surface area contributed by atoms with Crippen LogP contribution in [0.15, 0.2) is 57.4 Å². The minimum absolute atomic E-state index is 0.00888. The van der Waals surface area contributed by atoms with Gasteiger partial charge in [0, 0.05) is 6.26 Å². The molecular weight excluding hydrogens is 504 g/mol. The number of nitrogens with one attached hydrogen (secondary N) is 1. The zero-order valence-electron chi connectivity index (χ0n) is 17.6. The number of amides is 1. The number of rotatable bonds is 4. The lowest BCUT2D eigenvalue weighted by molar-refractivity contribution is -0.114. The summed E-state index contributed by atoms with van der Waals surface area (Å²) in [5, 5.41) is 8.06. The number of sulfone groups is 1. The summed E-state index contributed by atoms with van der Waals surface area (Å²) in [6.45, 7) is 0. The van der Waals surface area contributed by atoms with Gasteiger partial charge in [-0.25, -0.2) is 18.1 Å². The van der Waals surface area contributed by atoms with Gasteiger partial charge in [0.15, 0.2) is 0 Å². The number of hydrogen-bond donors (Lipinski definition) is 1. The number of amidine groups is 3. The highest BCUT2D eigenvalue weighted by atomic mass is 35.5. The van der Waals surface area contributed by atoms with Gasteiger partial charge in [-0.2, -0.15) is 9.39 Å². The maximum Gasteiger partial charge on any atom is 0.343 e. The Kier molecular flexibility index (Phi) is 6.30. The van der Waals surface area contributed by atoms with Crippen molar-refractivity contribution in [3.05, 3.63) is 64.2 Å². The minimum atomic E-state index is -3.75. The summed E-state index contributed by atoms with van der Waals surface area (Å²) < 4.78 is 38.2. The molecule has 0 unspecified atom stereocenters. The summed E-state index contributed by atoms with van der Waals surface area (Å²) in [6, 6.07) is 10.8. The Morgan fingerprint density at radius 1 is 1.24 bits per heavy atom. The van der Waals surface area contributed by atoms with Crippen molar-refractivity contribution in [2.24, 2.45) is 9.39 Å². The number of fused-ring (bicyclic) bond motifs is 1. The van der Waals surface area contributed by atoms with E-state index < -0.39 is 21.7 Å². The van der Waals surface area contributed by atoms with Crippen molar-refractivity contribution in [3.63, 3.8) is 0 Å². The van der Waals surface area contributed by atoms with Gasteiger partial charge in [0.05, 0.1) is 35.2 Å². The topological polar surface area (TPSA) is 139 Å². The first-order valence-corrected chi connectivity index (χ1v) is 12.5. The lowest BCUT2D eigenvalue weighted by atomic mass is 10.1. The fourth-order valence-electron chi connectivity index (χ4n) is 3.00. The molecule has 2 heterocycles. The van der Waals surface area contributed by atoms with E-state index >= 15 is 0 Å². The van der Waals surface area contributed by atoms with E-state index in [1.807, 2.05) is 0 Å². The van der Waals surface area contributed by atoms with Crippen molar-refractivity contribution < 1.29 is 27.5 Å². The SMILES string of the molecule is COc1cccc(C(=O)Oc2ccc(C=C3C(=N)N4C(=NC3=O)SN=C4S(C)(=O)=O)cc2Cl)c1. The normalized spacial score (nSPS) is 16.8. The van der Waals surface area contributed by atoms with Crippen LogP contribution in [-0.4, -0.2) is 54.7 Å². The number of halogens is 1. The van der Waals surface area contributed by atoms with E-state index in [-0.39, 0.29) is 38.1 Å². The molecule has 2 aromatic rings. The van der Waals surface area contributed by atoms with E-state index in [0.29, 0.717) is 23.3 Å². The molecule has 13 heteroatoms. The molecule has 174 valence electrons. The Labute approximate surface area is 203 Å². The number of nitrogens with zero attached hydrogens (tertiary/aromatic N) is 3. The summed E-state index contributed by atoms with van der Waals surface area (Å²) in [6.07, 6.45) is 2.29. The molecule has 0 aliphatic carbocycles. The largest absolute Gasteiger partial charge is 0.497 e. The molecule has 10 nitrogen and oxygen atoms in total. The lowest BCUT2D eigenvalue weighted by Gasteiger charge is -2.23. The second kappa shape index (κ2) is 9.05. The van der Waals surface area contributed by atoms with Crippen LogP contribution in [0.4, 0.5) is 0 Å². The standard InChI is InChI=1S/C21H15ClN4O6S2/c1-31-13-5-3-4-12(10-13)19(28)32-16-7-6-11(9-15(16)22)8-14-17(23)26-20(24-18(14)27)33-25-21(26)34(2,29)30/h3-10,23H,1-2H3. The molecule has 4 rings (SSSR count). The molecule has 0 radical (unpaired) electrons. The fourth-order valence-corrected chi connectivity index (χ4v) is 5.08. The van der Waals surface area contributed by atoms with Crippen molar-refractivity contribution in [1.82, 2.24) is 4.90 Å². The second-order valence-corrected chi connectivity index (χ2v) is 10.0. The van der Waals surface area contributed by atoms with Crippen LogP contribution in [-0.2, 0) is 14.6 Å². The Morgan fingerprint density at radius 3 is 2.68 bits per heavy atom. The van der Waals surface area contributed by atoms with Gasteiger partial charge in [-0.1, -0.05) is 23.7 Å². The third-order valence-corrected chi connectivity index (χ3v) is 6.65. The average molecular weight is 519 g/mol. The molecule has 2 aromatic carbocycles. The van der Waals surface area contributed by atoms with Crippen LogP contribution in [0, 0.1) is 5.41 Å². The Hall–Kier alpha value is -3.48. The van der Waals surface area contributed by atoms with E-state index in [4.69, 9.17) is 26.5 Å². The third-order valence-electron chi connectivity index (χ3n) is 4.60. The summed E-state index contributed by atoms with van der Waals surface area (Å²) in [5.41, 5.74) is 0.519. The molecule has 2 aliphatic heterocycles. The first-order valence-electron chi connectivity index (χ1n) is 9.43. The van der Waals surface area contributed by atoms with Gasteiger partial charge in [0.25, 0.3) is 5.91 Å². The van der Waals surface area contributed by atoms with Gasteiger partial charge in [0.2, 0.25) is 20.2 Å². The molecule has 34 heavy (non-hydrogen) atoms. The zero-order valence-corrected chi connectivity index (χ0v) is 20.0. The van der Waals surface area contributed by atoms with E-state index in [2.05, 4.69) is 9.39 Å². The molecule has 0 aromatic heterocycles. The quantitative estimate of drug-likeness (QED) is 0.282. The van der Waals surface area contributed by atoms with E-state index in [0.717, 1.165) is 11.2 Å². The number of carbonyl (C=O) groups is 2. The summed E-state index contributed by atoms with van der Waals surface area (Å²) in [7, 11) is -2.27. The maximum absolute atomic E-state index is 12.5. The number of aliphatic imine (C=N–C) groups is 1. The van der Waals surface area contributed by atoms with Crippen LogP contribution < -0.4 is 9.47 Å². The van der Waals surface area contributed by atoms with Gasteiger partial charge >= 0.3 is 5.97 Å². The third kappa shape index (κ3) is 4.60. The van der Waals surface area contributed by atoms with Crippen molar-refractivity contribution >= 4 is 67.5 Å². The molecule has 0 saturated carbocycles. The predicted octanol–water partition coefficient (Wildman–Crippen LogP) is 3.19. The second-order valence-electron chi connectivity index (χ2n) is 6.99. The van der Waals surface area contributed by atoms with E-state index in [1.54, 1.807) is 18.2 Å². The molecule has 1 N–H and O–H groups in total. The van der Waals surface area contributed by atoms with Gasteiger partial charge < -0.3 is 9.47 Å². The maximum atomic E-state index is 12.5. The lowest BCUT2D eigenvalue weighted by Crippen LogP contribution is -2.45. The van der Waals surface area contributed by atoms with Gasteiger partial charge in [-0.05, 0) is 42.0 Å². The number of benzene rings is 2. The average Bonchev–Trinajstić information content (AvgIpc) is 3.23. The van der Waals surface area contributed by atoms with E-state index in [9.17, 15) is 18.0 Å². The number of ether oxygens (including phenoxy) is 2. The van der Waals surface area contributed by atoms with Crippen LogP contribution in [0.3, 0.4) is 0 Å². The predicted molar refractivity (Wildman–Crippen MR) is 129 cm³/mol. The first kappa shape index (κ1) is 23.7. The zero-order chi connectivity index (χ0) is 24.6. The Morgan fingerprint density at radius 2 is 2.00 bits per heavy atom. The number of hydrogen-bond acceptors (Lipinski definition) is 9. The van der Waals surface area contributed by atoms with Crippen molar-refractivity contribution in [3.8, 4) is 11.5 Å². The molecule has 1 amide bonds. The smallest absolute Gasteiger partial charge is 0.343 e. The molecule has 0 atom stereocenters. The summed E-state index contributed by atoms with van der Waals surface area (Å²) in [5.74, 6) is -1.16. The summed E-state index contributed by atoms with van der Waals surface area (Å²) >= 11 is 6.98. The molecule has 2 aliphatic rings. The summed E-state index contributed by atoms with van der Waals surface area (Å²) in [4.78, 5) is 29.7. The Balaban J connectivity index is 1.59. The van der Waals surface area contributed by atoms with Crippen LogP contribution in [0.5, 0.6) is 11.5 Å². The van der Waals surface area contributed by atoms with Crippen molar-refractivity contribution in [2.75, 3.05) is 13.4 Å². The van der Waals surface area contributed by atoms with Gasteiger partial charge in [-0.15, -0.1) is 0 Å². The highest BCUT2D eigenvalue weighted by Crippen LogP contribution is 2.31. The minimum Gasteiger partial charge on any atom is -0.497 e. The van der Waals surface area contributed by atoms with Crippen LogP contribution in [0.1, 0.15) is 15.9 Å². The first-order chi connectivity index (χ1) is 16.1. The van der Waals surface area contributed by atoms with Gasteiger partial charge in [0.1, 0.15) is 17.3 Å². The molecule has 0 saturated heterocycles. The van der Waals surface area contributed by atoms with E-state index in [1.165, 1.54) is 37.5 Å². The van der Waals surface area contributed by atoms with Crippen LogP contribution in [0.25, 0.3) is 6.08 Å². The number of esters is 1. The van der Waals surface area contributed by atoms with Gasteiger partial charge in [-0.3, -0.25) is 10.2 Å². The molecule has 0 fully saturated rings. The monoisotopic (exact) mass is 518 g/mol. The van der Waals surface area contributed by atoms with Crippen molar-refractivity contribution in [2.45, 2.75) is 0 Å². The van der Waals surface area contributed by atoms with Crippen molar-refractivity contribution in [1.29, 1.82) is 5.41 Å². The molecule has 0 bridgehead atoms. The Bertz CT molecular complexity index is 1450. The molecular formula is C21H15ClN4O6S2. The fraction of sp³-hybridized carbons (Fsp3) is 0.0952. The molecule has 0 spiro atoms. The number of carbonyl (C=O) groups excluding carboxylic acids is 2. The van der Waals surface area contributed by atoms with Crippen LogP contribution >= 0.6 is 23.5 Å². The highest BCUT2D eigenvalue weighted by Gasteiger charge is 2.41. The highest BCUT2D eigenvalue weighted by molar-refractivity contribution is 8.16. The van der Waals surface area contributed by atoms with Crippen LogP contribution in [0.2, 0.25) is 5.02 Å². The number of methoxy groups -OCH3 is 1.